The second-order valence-corrected chi connectivity index (χ2v) is 4.71. The molecule has 1 N–H and O–H groups in total. The maximum Gasteiger partial charge on any atom is 0.258 e. The Bertz CT molecular complexity index is 616. The van der Waals surface area contributed by atoms with Gasteiger partial charge in [0.25, 0.3) is 5.91 Å². The summed E-state index contributed by atoms with van der Waals surface area (Å²) in [4.78, 5) is 16.3. The van der Waals surface area contributed by atoms with Crippen LogP contribution >= 0.6 is 0 Å². The van der Waals surface area contributed by atoms with E-state index in [0.29, 0.717) is 31.1 Å². The first kappa shape index (κ1) is 12.7. The molecule has 0 radical (unpaired) electrons. The van der Waals surface area contributed by atoms with Crippen molar-refractivity contribution in [2.45, 2.75) is 26.4 Å². The molecular formula is C13H17N5O2. The van der Waals surface area contributed by atoms with E-state index in [4.69, 9.17) is 4.74 Å². The van der Waals surface area contributed by atoms with Gasteiger partial charge in [-0.15, -0.1) is 0 Å². The monoisotopic (exact) mass is 275 g/mol. The molecular weight excluding hydrogens is 258 g/mol. The van der Waals surface area contributed by atoms with E-state index < -0.39 is 0 Å². The summed E-state index contributed by atoms with van der Waals surface area (Å²) >= 11 is 0. The van der Waals surface area contributed by atoms with E-state index >= 15 is 0 Å². The van der Waals surface area contributed by atoms with Crippen LogP contribution in [-0.4, -0.2) is 38.4 Å². The second kappa shape index (κ2) is 5.36. The number of hydrogen-bond donors (Lipinski definition) is 1. The Labute approximate surface area is 116 Å². The highest BCUT2D eigenvalue weighted by Gasteiger charge is 2.21. The number of carbonyl (C=O) groups is 1. The number of nitrogens with zero attached hydrogens (tertiary/aromatic N) is 4. The lowest BCUT2D eigenvalue weighted by molar-refractivity contribution is 0.0945. The predicted molar refractivity (Wildman–Crippen MR) is 71.6 cm³/mol. The van der Waals surface area contributed by atoms with E-state index in [9.17, 15) is 4.79 Å². The molecule has 0 bridgehead atoms. The molecule has 3 rings (SSSR count). The fourth-order valence-electron chi connectivity index (χ4n) is 2.25. The van der Waals surface area contributed by atoms with E-state index in [1.54, 1.807) is 17.1 Å². The molecule has 7 nitrogen and oxygen atoms in total. The average Bonchev–Trinajstić information content (AvgIpc) is 3.05. The topological polar surface area (TPSA) is 74.0 Å². The first-order valence-electron chi connectivity index (χ1n) is 6.70. The molecule has 0 saturated heterocycles. The summed E-state index contributed by atoms with van der Waals surface area (Å²) in [5, 5.41) is 7.05. The fourth-order valence-corrected chi connectivity index (χ4v) is 2.25. The minimum atomic E-state index is -0.147. The molecule has 0 aromatic carbocycles. The first-order valence-corrected chi connectivity index (χ1v) is 6.70. The molecule has 2 aromatic rings. The summed E-state index contributed by atoms with van der Waals surface area (Å²) in [6.45, 7) is 4.61. The molecule has 0 saturated carbocycles. The summed E-state index contributed by atoms with van der Waals surface area (Å²) in [6.07, 6.45) is 6.14. The van der Waals surface area contributed by atoms with Crippen LogP contribution in [0.5, 0.6) is 5.88 Å². The number of aromatic nitrogens is 4. The Balaban J connectivity index is 1.59. The number of fused-ring (bicyclic) bond motifs is 1. The zero-order valence-corrected chi connectivity index (χ0v) is 11.4. The molecule has 0 unspecified atom stereocenters. The van der Waals surface area contributed by atoms with Crippen LogP contribution in [0.15, 0.2) is 18.6 Å². The van der Waals surface area contributed by atoms with Crippen LogP contribution in [0, 0.1) is 6.92 Å². The Morgan fingerprint density at radius 1 is 1.55 bits per heavy atom. The summed E-state index contributed by atoms with van der Waals surface area (Å²) in [6, 6.07) is 0. The zero-order chi connectivity index (χ0) is 13.9. The molecule has 2 aromatic heterocycles. The normalized spacial score (nSPS) is 13.7. The predicted octanol–water partition coefficient (Wildman–Crippen LogP) is 0.601. The number of rotatable bonds is 4. The van der Waals surface area contributed by atoms with Crippen LogP contribution in [0.2, 0.25) is 0 Å². The molecule has 1 aliphatic heterocycles. The smallest absolute Gasteiger partial charge is 0.258 e. The second-order valence-electron chi connectivity index (χ2n) is 4.71. The number of nitrogens with one attached hydrogen (secondary N) is 1. The highest BCUT2D eigenvalue weighted by Crippen LogP contribution is 2.21. The SMILES string of the molecule is Cc1nccn1CCNC(=O)c1cnn2c1OCCC2. The summed E-state index contributed by atoms with van der Waals surface area (Å²) < 4.78 is 9.24. The number of amides is 1. The van der Waals surface area contributed by atoms with Crippen LogP contribution in [-0.2, 0) is 13.1 Å². The molecule has 1 aliphatic rings. The third-order valence-corrected chi connectivity index (χ3v) is 3.35. The van der Waals surface area contributed by atoms with Crippen molar-refractivity contribution in [1.82, 2.24) is 24.6 Å². The van der Waals surface area contributed by atoms with Gasteiger partial charge in [-0.2, -0.15) is 5.10 Å². The fraction of sp³-hybridized carbons (Fsp3) is 0.462. The van der Waals surface area contributed by atoms with Gasteiger partial charge in [-0.1, -0.05) is 0 Å². The number of ether oxygens (including phenoxy) is 1. The van der Waals surface area contributed by atoms with Crippen molar-refractivity contribution >= 4 is 5.91 Å². The molecule has 0 aliphatic carbocycles. The van der Waals surface area contributed by atoms with Gasteiger partial charge in [0.15, 0.2) is 0 Å². The van der Waals surface area contributed by atoms with Gasteiger partial charge >= 0.3 is 0 Å². The van der Waals surface area contributed by atoms with E-state index in [2.05, 4.69) is 15.4 Å². The van der Waals surface area contributed by atoms with Crippen LogP contribution in [0.4, 0.5) is 0 Å². The van der Waals surface area contributed by atoms with Gasteiger partial charge < -0.3 is 14.6 Å². The number of carbonyl (C=O) groups excluding carboxylic acids is 1. The average molecular weight is 275 g/mol. The molecule has 20 heavy (non-hydrogen) atoms. The van der Waals surface area contributed by atoms with Crippen LogP contribution in [0.3, 0.4) is 0 Å². The van der Waals surface area contributed by atoms with E-state index in [0.717, 1.165) is 18.8 Å². The van der Waals surface area contributed by atoms with Crippen molar-refractivity contribution in [2.75, 3.05) is 13.2 Å². The van der Waals surface area contributed by atoms with Crippen LogP contribution < -0.4 is 10.1 Å². The minimum absolute atomic E-state index is 0.147. The highest BCUT2D eigenvalue weighted by molar-refractivity contribution is 5.96. The summed E-state index contributed by atoms with van der Waals surface area (Å²) in [5.74, 6) is 1.36. The van der Waals surface area contributed by atoms with Gasteiger partial charge in [0.2, 0.25) is 5.88 Å². The maximum absolute atomic E-state index is 12.1. The van der Waals surface area contributed by atoms with Gasteiger partial charge in [0, 0.05) is 38.4 Å². The van der Waals surface area contributed by atoms with E-state index in [-0.39, 0.29) is 5.91 Å². The van der Waals surface area contributed by atoms with Gasteiger partial charge in [0.1, 0.15) is 11.4 Å². The van der Waals surface area contributed by atoms with Gasteiger partial charge in [0.05, 0.1) is 12.8 Å². The van der Waals surface area contributed by atoms with Crippen molar-refractivity contribution in [3.63, 3.8) is 0 Å². The summed E-state index contributed by atoms with van der Waals surface area (Å²) in [5.41, 5.74) is 0.507. The molecule has 3 heterocycles. The minimum Gasteiger partial charge on any atom is -0.477 e. The largest absolute Gasteiger partial charge is 0.477 e. The van der Waals surface area contributed by atoms with Gasteiger partial charge in [-0.25, -0.2) is 9.67 Å². The van der Waals surface area contributed by atoms with Crippen LogP contribution in [0.1, 0.15) is 22.6 Å². The zero-order valence-electron chi connectivity index (χ0n) is 11.4. The van der Waals surface area contributed by atoms with Crippen molar-refractivity contribution in [3.05, 3.63) is 30.0 Å². The Kier molecular flexibility index (Phi) is 3.41. The first-order chi connectivity index (χ1) is 9.75. The maximum atomic E-state index is 12.1. The van der Waals surface area contributed by atoms with Crippen molar-refractivity contribution in [3.8, 4) is 5.88 Å². The molecule has 106 valence electrons. The van der Waals surface area contributed by atoms with Crippen molar-refractivity contribution < 1.29 is 9.53 Å². The molecule has 0 fully saturated rings. The standard InChI is InChI=1S/C13H17N5O2/c1-10-14-3-6-17(10)7-4-15-12(19)11-9-16-18-5-2-8-20-13(11)18/h3,6,9H,2,4-5,7-8H2,1H3,(H,15,19). The van der Waals surface area contributed by atoms with E-state index in [1.807, 2.05) is 17.7 Å². The highest BCUT2D eigenvalue weighted by atomic mass is 16.5. The van der Waals surface area contributed by atoms with Crippen LogP contribution in [0.25, 0.3) is 0 Å². The Hall–Kier alpha value is -2.31. The molecule has 1 amide bonds. The lowest BCUT2D eigenvalue weighted by Crippen LogP contribution is -2.28. The third-order valence-electron chi connectivity index (χ3n) is 3.35. The van der Waals surface area contributed by atoms with Crippen molar-refractivity contribution in [2.24, 2.45) is 0 Å². The lowest BCUT2D eigenvalue weighted by atomic mass is 10.3. The Morgan fingerprint density at radius 3 is 3.25 bits per heavy atom. The Morgan fingerprint density at radius 2 is 2.45 bits per heavy atom. The molecule has 0 spiro atoms. The van der Waals surface area contributed by atoms with E-state index in [1.165, 1.54) is 0 Å². The third kappa shape index (κ3) is 2.38. The number of hydrogen-bond acceptors (Lipinski definition) is 4. The number of aryl methyl sites for hydroxylation is 2. The number of imidazole rings is 1. The van der Waals surface area contributed by atoms with Gasteiger partial charge in [-0.3, -0.25) is 4.79 Å². The molecule has 0 atom stereocenters. The quantitative estimate of drug-likeness (QED) is 0.886. The summed E-state index contributed by atoms with van der Waals surface area (Å²) in [7, 11) is 0. The lowest BCUT2D eigenvalue weighted by Gasteiger charge is -2.15. The van der Waals surface area contributed by atoms with Gasteiger partial charge in [-0.05, 0) is 6.92 Å². The van der Waals surface area contributed by atoms with Crippen molar-refractivity contribution in [1.29, 1.82) is 0 Å². The molecule has 7 heteroatoms.